The number of methoxy groups -OCH3 is 2. The Morgan fingerprint density at radius 2 is 1.86 bits per heavy atom. The number of aromatic nitrogens is 3. The van der Waals surface area contributed by atoms with Crippen molar-refractivity contribution < 1.29 is 19.0 Å². The van der Waals surface area contributed by atoms with E-state index >= 15 is 0 Å². The van der Waals surface area contributed by atoms with Gasteiger partial charge in [0, 0.05) is 38.8 Å². The van der Waals surface area contributed by atoms with Gasteiger partial charge < -0.3 is 30.7 Å². The van der Waals surface area contributed by atoms with Crippen molar-refractivity contribution in [2.24, 2.45) is 0 Å². The molecule has 4 N–H and O–H groups in total. The summed E-state index contributed by atoms with van der Waals surface area (Å²) in [4.78, 5) is 19.3. The van der Waals surface area contributed by atoms with Crippen molar-refractivity contribution in [3.63, 3.8) is 0 Å². The van der Waals surface area contributed by atoms with Crippen LogP contribution in [0, 0.1) is 0 Å². The lowest BCUT2D eigenvalue weighted by Gasteiger charge is -2.14. The Morgan fingerprint density at radius 1 is 1.17 bits per heavy atom. The number of imidazole rings is 1. The Balaban J connectivity index is 0.000000670. The molecule has 1 amide bonds. The number of hydrogen-bond acceptors (Lipinski definition) is 8. The molecule has 0 spiro atoms. The van der Waals surface area contributed by atoms with E-state index < -0.39 is 0 Å². The maximum absolute atomic E-state index is 10.2. The summed E-state index contributed by atoms with van der Waals surface area (Å²) in [7, 11) is 3.34. The highest BCUT2D eigenvalue weighted by atomic mass is 16.5. The van der Waals surface area contributed by atoms with Crippen molar-refractivity contribution >= 4 is 34.2 Å². The van der Waals surface area contributed by atoms with Crippen molar-refractivity contribution in [2.45, 2.75) is 60.2 Å². The highest BCUT2D eigenvalue weighted by Gasteiger charge is 2.17. The summed E-state index contributed by atoms with van der Waals surface area (Å²) in [5.74, 6) is 1.80. The fourth-order valence-electron chi connectivity index (χ4n) is 2.95. The third kappa shape index (κ3) is 8.88. The summed E-state index contributed by atoms with van der Waals surface area (Å²) in [6.07, 6.45) is 1.40. The number of nitrogens with two attached hydrogens (primary N) is 1. The molecule has 35 heavy (non-hydrogen) atoms. The van der Waals surface area contributed by atoms with Gasteiger partial charge in [0.25, 0.3) is 0 Å². The number of nitrogens with zero attached hydrogens (tertiary/aromatic N) is 3. The number of carbonyl (C=O) groups excluding carboxylic acids is 1. The number of amides is 1. The molecule has 196 valence electrons. The first-order valence-corrected chi connectivity index (χ1v) is 11.9. The summed E-state index contributed by atoms with van der Waals surface area (Å²) < 4.78 is 17.8. The standard InChI is InChI=1S/C18H24N6O3.C5H12O.C2H6/c1-3-21-24-15(10-26-2)23-16-17(24)13-6-5-12(9-14(13)22-18(16)19)27-8-4-7-20-11-25;1-5(2,3)6-4;1-2/h5-6,9,11,21H,3-4,7-8,10H2,1-2H3,(H2,19,22)(H,20,25);1-4H3;1-2H3. The van der Waals surface area contributed by atoms with Crippen LogP contribution in [0.1, 0.15) is 53.8 Å². The monoisotopic (exact) mass is 490 g/mol. The van der Waals surface area contributed by atoms with Gasteiger partial charge in [-0.15, -0.1) is 0 Å². The second-order valence-electron chi connectivity index (χ2n) is 8.27. The molecule has 0 aliphatic carbocycles. The van der Waals surface area contributed by atoms with Crippen molar-refractivity contribution in [1.82, 2.24) is 20.0 Å². The lowest BCUT2D eigenvalue weighted by atomic mass is 10.2. The van der Waals surface area contributed by atoms with Crippen LogP contribution >= 0.6 is 0 Å². The molecule has 0 saturated heterocycles. The average Bonchev–Trinajstić information content (AvgIpc) is 3.19. The first-order valence-electron chi connectivity index (χ1n) is 11.9. The average molecular weight is 491 g/mol. The number of carbonyl (C=O) groups is 1. The van der Waals surface area contributed by atoms with Crippen LogP contribution in [0.5, 0.6) is 5.75 Å². The molecule has 3 aromatic rings. The van der Waals surface area contributed by atoms with E-state index in [2.05, 4.69) is 20.7 Å². The van der Waals surface area contributed by atoms with E-state index in [4.69, 9.17) is 19.9 Å². The molecule has 0 unspecified atom stereocenters. The topological polar surface area (TPSA) is 126 Å². The van der Waals surface area contributed by atoms with Gasteiger partial charge in [-0.05, 0) is 46.2 Å². The molecular formula is C25H42N6O4. The molecular weight excluding hydrogens is 448 g/mol. The molecule has 0 saturated carbocycles. The van der Waals surface area contributed by atoms with Gasteiger partial charge >= 0.3 is 0 Å². The molecule has 3 rings (SSSR count). The molecule has 0 atom stereocenters. The van der Waals surface area contributed by atoms with Crippen LogP contribution < -0.4 is 21.2 Å². The highest BCUT2D eigenvalue weighted by molar-refractivity contribution is 6.07. The molecule has 0 radical (unpaired) electrons. The maximum atomic E-state index is 10.2. The molecule has 0 aliphatic heterocycles. The van der Waals surface area contributed by atoms with E-state index in [9.17, 15) is 4.79 Å². The second-order valence-corrected chi connectivity index (χ2v) is 8.27. The summed E-state index contributed by atoms with van der Waals surface area (Å²) in [5, 5.41) is 3.53. The van der Waals surface area contributed by atoms with Gasteiger partial charge in [-0.2, -0.15) is 0 Å². The zero-order chi connectivity index (χ0) is 26.4. The van der Waals surface area contributed by atoms with Gasteiger partial charge in [-0.3, -0.25) is 4.79 Å². The Hall–Kier alpha value is -3.11. The predicted molar refractivity (Wildman–Crippen MR) is 142 cm³/mol. The minimum absolute atomic E-state index is 0.0417. The molecule has 2 heterocycles. The van der Waals surface area contributed by atoms with Gasteiger partial charge in [-0.25, -0.2) is 14.6 Å². The van der Waals surface area contributed by atoms with Gasteiger partial charge in [0.05, 0.1) is 17.7 Å². The molecule has 10 heteroatoms. The molecule has 2 aromatic heterocycles. The largest absolute Gasteiger partial charge is 0.493 e. The predicted octanol–water partition coefficient (Wildman–Crippen LogP) is 3.85. The van der Waals surface area contributed by atoms with Crippen molar-refractivity contribution in [3.05, 3.63) is 24.0 Å². The minimum atomic E-state index is 0.0417. The third-order valence-electron chi connectivity index (χ3n) is 4.67. The van der Waals surface area contributed by atoms with E-state index in [0.29, 0.717) is 43.3 Å². The number of nitrogen functional groups attached to an aromatic ring is 1. The minimum Gasteiger partial charge on any atom is -0.493 e. The highest BCUT2D eigenvalue weighted by Crippen LogP contribution is 2.30. The van der Waals surface area contributed by atoms with Crippen molar-refractivity contribution in [1.29, 1.82) is 0 Å². The van der Waals surface area contributed by atoms with E-state index in [0.717, 1.165) is 35.2 Å². The number of fused-ring (bicyclic) bond motifs is 3. The molecule has 0 bridgehead atoms. The molecule has 0 fully saturated rings. The van der Waals surface area contributed by atoms with Crippen LogP contribution in [0.25, 0.3) is 21.9 Å². The summed E-state index contributed by atoms with van der Waals surface area (Å²) in [5.41, 5.74) is 11.7. The zero-order valence-electron chi connectivity index (χ0n) is 22.4. The number of rotatable bonds is 10. The lowest BCUT2D eigenvalue weighted by Crippen LogP contribution is -2.17. The van der Waals surface area contributed by atoms with Crippen LogP contribution in [0.3, 0.4) is 0 Å². The zero-order valence-corrected chi connectivity index (χ0v) is 22.4. The molecule has 0 aliphatic rings. The smallest absolute Gasteiger partial charge is 0.207 e. The summed E-state index contributed by atoms with van der Waals surface area (Å²) in [6, 6.07) is 5.71. The van der Waals surface area contributed by atoms with Crippen molar-refractivity contribution in [3.8, 4) is 5.75 Å². The van der Waals surface area contributed by atoms with E-state index in [1.54, 1.807) is 14.2 Å². The number of hydrogen-bond donors (Lipinski definition) is 3. The van der Waals surface area contributed by atoms with Gasteiger partial charge in [-0.1, -0.05) is 13.8 Å². The Labute approximate surface area is 208 Å². The van der Waals surface area contributed by atoms with Crippen molar-refractivity contribution in [2.75, 3.05) is 45.1 Å². The fraction of sp³-hybridized carbons (Fsp3) is 0.560. The Bertz CT molecular complexity index is 1050. The first-order chi connectivity index (χ1) is 16.8. The van der Waals surface area contributed by atoms with Crippen LogP contribution in [0.2, 0.25) is 0 Å². The van der Waals surface area contributed by atoms with Crippen LogP contribution in [0.15, 0.2) is 18.2 Å². The number of benzene rings is 1. The number of nitrogens with one attached hydrogen (secondary N) is 2. The summed E-state index contributed by atoms with van der Waals surface area (Å²) in [6.45, 7) is 14.2. The van der Waals surface area contributed by atoms with E-state index in [1.165, 1.54) is 0 Å². The first kappa shape index (κ1) is 29.9. The Kier molecular flexibility index (Phi) is 12.8. The van der Waals surface area contributed by atoms with E-state index in [-0.39, 0.29) is 5.60 Å². The van der Waals surface area contributed by atoms with Gasteiger partial charge in [0.15, 0.2) is 11.6 Å². The second kappa shape index (κ2) is 15.0. The lowest BCUT2D eigenvalue weighted by molar-refractivity contribution is -0.109. The Morgan fingerprint density at radius 3 is 2.43 bits per heavy atom. The third-order valence-corrected chi connectivity index (χ3v) is 4.67. The summed E-state index contributed by atoms with van der Waals surface area (Å²) >= 11 is 0. The fourth-order valence-corrected chi connectivity index (χ4v) is 2.95. The van der Waals surface area contributed by atoms with Gasteiger partial charge in [0.1, 0.15) is 23.4 Å². The van der Waals surface area contributed by atoms with E-state index in [1.807, 2.05) is 64.4 Å². The normalized spacial score (nSPS) is 10.7. The van der Waals surface area contributed by atoms with Crippen LogP contribution in [0.4, 0.5) is 5.82 Å². The SMILES string of the molecule is CC.CCNn1c(COC)nc2c(N)nc3cc(OCCCNC=O)ccc3c21.COC(C)(C)C. The van der Waals surface area contributed by atoms with Crippen LogP contribution in [-0.2, 0) is 20.9 Å². The quantitative estimate of drug-likeness (QED) is 0.289. The molecule has 1 aromatic carbocycles. The molecule has 10 nitrogen and oxygen atoms in total. The number of ether oxygens (including phenoxy) is 3. The van der Waals surface area contributed by atoms with Crippen LogP contribution in [-0.4, -0.2) is 60.6 Å². The van der Waals surface area contributed by atoms with Gasteiger partial charge in [0.2, 0.25) is 6.41 Å². The number of pyridine rings is 1. The number of anilines is 1. The maximum Gasteiger partial charge on any atom is 0.207 e.